The molecule has 2 rings (SSSR count). The SMILES string of the molecule is COC(=O)c1cn(/N=C/c2ccc(Cl)cc2)c(N)c1C(=O)OC. The fourth-order valence-electron chi connectivity index (χ4n) is 1.86. The number of halogens is 1. The predicted molar refractivity (Wildman–Crippen MR) is 86.0 cm³/mol. The molecule has 1 aromatic heterocycles. The lowest BCUT2D eigenvalue weighted by Crippen LogP contribution is -2.11. The van der Waals surface area contributed by atoms with Gasteiger partial charge in [0.15, 0.2) is 0 Å². The van der Waals surface area contributed by atoms with Crippen molar-refractivity contribution in [2.24, 2.45) is 5.10 Å². The van der Waals surface area contributed by atoms with Gasteiger partial charge in [-0.3, -0.25) is 0 Å². The molecule has 8 heteroatoms. The topological polar surface area (TPSA) is 95.9 Å². The summed E-state index contributed by atoms with van der Waals surface area (Å²) in [6, 6.07) is 6.94. The second kappa shape index (κ2) is 6.97. The summed E-state index contributed by atoms with van der Waals surface area (Å²) in [5, 5.41) is 4.73. The lowest BCUT2D eigenvalue weighted by molar-refractivity contribution is 0.0557. The van der Waals surface area contributed by atoms with Gasteiger partial charge in [0.1, 0.15) is 11.4 Å². The van der Waals surface area contributed by atoms with Crippen LogP contribution in [-0.4, -0.2) is 37.0 Å². The van der Waals surface area contributed by atoms with Gasteiger partial charge in [0.25, 0.3) is 0 Å². The van der Waals surface area contributed by atoms with Gasteiger partial charge in [0.2, 0.25) is 0 Å². The Balaban J connectivity index is 2.43. The van der Waals surface area contributed by atoms with Gasteiger partial charge in [-0.2, -0.15) is 5.10 Å². The van der Waals surface area contributed by atoms with Crippen molar-refractivity contribution in [3.8, 4) is 0 Å². The number of hydrogen-bond donors (Lipinski definition) is 1. The van der Waals surface area contributed by atoms with Gasteiger partial charge < -0.3 is 15.2 Å². The minimum absolute atomic E-state index is 0.0230. The highest BCUT2D eigenvalue weighted by atomic mass is 35.5. The van der Waals surface area contributed by atoms with Crippen LogP contribution in [0.2, 0.25) is 5.02 Å². The molecular weight excluding hydrogens is 322 g/mol. The van der Waals surface area contributed by atoms with E-state index in [9.17, 15) is 9.59 Å². The number of carbonyl (C=O) groups is 2. The zero-order valence-electron chi connectivity index (χ0n) is 12.4. The van der Waals surface area contributed by atoms with Crippen LogP contribution < -0.4 is 5.73 Å². The zero-order valence-corrected chi connectivity index (χ0v) is 13.2. The van der Waals surface area contributed by atoms with Crippen molar-refractivity contribution in [1.29, 1.82) is 0 Å². The number of nitrogen functional groups attached to an aromatic ring is 1. The standard InChI is InChI=1S/C15H14ClN3O4/c1-22-14(20)11-8-19(13(17)12(11)15(21)23-2)18-7-9-3-5-10(16)6-4-9/h3-8H,17H2,1-2H3/b18-7+. The summed E-state index contributed by atoms with van der Waals surface area (Å²) in [6.45, 7) is 0. The van der Waals surface area contributed by atoms with E-state index in [2.05, 4.69) is 14.6 Å². The number of hydrogen-bond acceptors (Lipinski definition) is 6. The maximum absolute atomic E-state index is 11.8. The van der Waals surface area contributed by atoms with Crippen molar-refractivity contribution < 1.29 is 19.1 Å². The smallest absolute Gasteiger partial charge is 0.342 e. The monoisotopic (exact) mass is 335 g/mol. The Morgan fingerprint density at radius 1 is 1.17 bits per heavy atom. The third-order valence-electron chi connectivity index (χ3n) is 3.02. The van der Waals surface area contributed by atoms with E-state index in [0.29, 0.717) is 5.02 Å². The average Bonchev–Trinajstić information content (AvgIpc) is 2.89. The highest BCUT2D eigenvalue weighted by Gasteiger charge is 2.26. The van der Waals surface area contributed by atoms with Crippen LogP contribution in [0.1, 0.15) is 26.3 Å². The maximum Gasteiger partial charge on any atom is 0.342 e. The highest BCUT2D eigenvalue weighted by molar-refractivity contribution is 6.30. The molecule has 0 bridgehead atoms. The highest BCUT2D eigenvalue weighted by Crippen LogP contribution is 2.22. The van der Waals surface area contributed by atoms with Gasteiger partial charge in [-0.25, -0.2) is 14.3 Å². The van der Waals surface area contributed by atoms with Crippen LogP contribution >= 0.6 is 11.6 Å². The maximum atomic E-state index is 11.8. The average molecular weight is 336 g/mol. The molecule has 0 amide bonds. The van der Waals surface area contributed by atoms with Crippen LogP contribution in [0.3, 0.4) is 0 Å². The molecule has 120 valence electrons. The molecule has 1 aromatic carbocycles. The Hall–Kier alpha value is -2.80. The summed E-state index contributed by atoms with van der Waals surface area (Å²) in [5.74, 6) is -1.48. The van der Waals surface area contributed by atoms with Crippen molar-refractivity contribution in [2.45, 2.75) is 0 Å². The second-order valence-corrected chi connectivity index (χ2v) is 4.86. The van der Waals surface area contributed by atoms with Crippen molar-refractivity contribution in [2.75, 3.05) is 20.0 Å². The van der Waals surface area contributed by atoms with E-state index < -0.39 is 11.9 Å². The van der Waals surface area contributed by atoms with Crippen LogP contribution in [0.4, 0.5) is 5.82 Å². The number of methoxy groups -OCH3 is 2. The summed E-state index contributed by atoms with van der Waals surface area (Å²) in [7, 11) is 2.39. The van der Waals surface area contributed by atoms with Crippen LogP contribution in [0.5, 0.6) is 0 Å². The third-order valence-corrected chi connectivity index (χ3v) is 3.27. The number of anilines is 1. The van der Waals surface area contributed by atoms with Crippen molar-refractivity contribution in [3.05, 3.63) is 52.2 Å². The summed E-state index contributed by atoms with van der Waals surface area (Å²) in [6.07, 6.45) is 2.81. The third kappa shape index (κ3) is 3.51. The number of benzene rings is 1. The van der Waals surface area contributed by atoms with E-state index in [1.165, 1.54) is 31.3 Å². The van der Waals surface area contributed by atoms with Crippen molar-refractivity contribution >= 4 is 35.6 Å². The van der Waals surface area contributed by atoms with E-state index in [1.807, 2.05) is 0 Å². The van der Waals surface area contributed by atoms with Crippen LogP contribution in [0.15, 0.2) is 35.6 Å². The molecule has 0 aliphatic heterocycles. The number of nitrogens with zero attached hydrogens (tertiary/aromatic N) is 2. The summed E-state index contributed by atoms with van der Waals surface area (Å²) >= 11 is 5.81. The molecular formula is C15H14ClN3O4. The Morgan fingerprint density at radius 3 is 2.35 bits per heavy atom. The van der Waals surface area contributed by atoms with Crippen LogP contribution in [0, 0.1) is 0 Å². The fourth-order valence-corrected chi connectivity index (χ4v) is 1.99. The van der Waals surface area contributed by atoms with E-state index in [1.54, 1.807) is 24.3 Å². The first-order chi connectivity index (χ1) is 11.0. The Kier molecular flexibility index (Phi) is 5.02. The Morgan fingerprint density at radius 2 is 1.78 bits per heavy atom. The second-order valence-electron chi connectivity index (χ2n) is 4.43. The number of esters is 2. The lowest BCUT2D eigenvalue weighted by Gasteiger charge is -2.02. The minimum atomic E-state index is -0.747. The first-order valence-electron chi connectivity index (χ1n) is 6.45. The molecule has 0 aliphatic carbocycles. The molecule has 23 heavy (non-hydrogen) atoms. The van der Waals surface area contributed by atoms with Gasteiger partial charge >= 0.3 is 11.9 Å². The summed E-state index contributed by atoms with van der Waals surface area (Å²) in [4.78, 5) is 23.6. The number of rotatable bonds is 4. The van der Waals surface area contributed by atoms with Gasteiger partial charge in [0, 0.05) is 11.2 Å². The molecule has 0 radical (unpaired) electrons. The first kappa shape index (κ1) is 16.6. The molecule has 0 saturated heterocycles. The molecule has 0 aliphatic rings. The minimum Gasteiger partial charge on any atom is -0.465 e. The van der Waals surface area contributed by atoms with Gasteiger partial charge in [-0.15, -0.1) is 0 Å². The first-order valence-corrected chi connectivity index (χ1v) is 6.83. The molecule has 2 N–H and O–H groups in total. The predicted octanol–water partition coefficient (Wildman–Crippen LogP) is 2.18. The van der Waals surface area contributed by atoms with Gasteiger partial charge in [0.05, 0.1) is 26.0 Å². The zero-order chi connectivity index (χ0) is 17.0. The molecule has 2 aromatic rings. The molecule has 0 unspecified atom stereocenters. The van der Waals surface area contributed by atoms with Crippen LogP contribution in [0.25, 0.3) is 0 Å². The van der Waals surface area contributed by atoms with Gasteiger partial charge in [-0.1, -0.05) is 23.7 Å². The Labute approximate surface area is 137 Å². The van der Waals surface area contributed by atoms with E-state index in [0.717, 1.165) is 5.56 Å². The number of nitrogens with two attached hydrogens (primary N) is 1. The van der Waals surface area contributed by atoms with Crippen LogP contribution in [-0.2, 0) is 9.47 Å². The fraction of sp³-hybridized carbons (Fsp3) is 0.133. The molecule has 0 fully saturated rings. The largest absolute Gasteiger partial charge is 0.465 e. The van der Waals surface area contributed by atoms with Crippen molar-refractivity contribution in [1.82, 2.24) is 4.68 Å². The summed E-state index contributed by atoms with van der Waals surface area (Å²) in [5.41, 5.74) is 6.53. The van der Waals surface area contributed by atoms with E-state index >= 15 is 0 Å². The quantitative estimate of drug-likeness (QED) is 0.682. The Bertz CT molecular complexity index is 766. The van der Waals surface area contributed by atoms with E-state index in [-0.39, 0.29) is 16.9 Å². The van der Waals surface area contributed by atoms with Crippen molar-refractivity contribution in [3.63, 3.8) is 0 Å². The number of carbonyl (C=O) groups excluding carboxylic acids is 2. The van der Waals surface area contributed by atoms with Gasteiger partial charge in [-0.05, 0) is 17.7 Å². The lowest BCUT2D eigenvalue weighted by atomic mass is 10.2. The molecule has 1 heterocycles. The van der Waals surface area contributed by atoms with E-state index in [4.69, 9.17) is 17.3 Å². The molecule has 7 nitrogen and oxygen atoms in total. The molecule has 0 spiro atoms. The molecule has 0 saturated carbocycles. The number of ether oxygens (including phenoxy) is 2. The summed E-state index contributed by atoms with van der Waals surface area (Å²) < 4.78 is 10.5. The normalized spacial score (nSPS) is 10.7. The number of aromatic nitrogens is 1. The molecule has 0 atom stereocenters.